The molecule has 0 N–H and O–H groups in total. The fraction of sp³-hybridized carbons (Fsp3) is 0.294. The van der Waals surface area contributed by atoms with Crippen LogP contribution >= 0.6 is 0 Å². The van der Waals surface area contributed by atoms with Crippen LogP contribution < -0.4 is 5.46 Å². The van der Waals surface area contributed by atoms with Crippen LogP contribution in [0.4, 0.5) is 52.7 Å². The lowest BCUT2D eigenvalue weighted by atomic mass is 9.91. The Morgan fingerprint density at radius 2 is 0.700 bits per heavy atom. The molecule has 2 rings (SSSR count). The first-order chi connectivity index (χ1) is 13.2. The Kier molecular flexibility index (Phi) is 7.22. The number of benzene rings is 2. The molecule has 0 atom stereocenters. The van der Waals surface area contributed by atoms with Crippen LogP contribution in [0.5, 0.6) is 0 Å². The SMILES string of the molecule is Cc1cc(C(F)(F)F)cc(C(F)(F)F)c1.[B]c1cc(C(F)(F)F)cc(C(F)(F)F)c1. The topological polar surface area (TPSA) is 0 Å². The van der Waals surface area contributed by atoms with Gasteiger partial charge < -0.3 is 0 Å². The molecule has 0 saturated carbocycles. The van der Waals surface area contributed by atoms with Crippen LogP contribution in [0.15, 0.2) is 36.4 Å². The Morgan fingerprint density at radius 3 is 0.933 bits per heavy atom. The summed E-state index contributed by atoms with van der Waals surface area (Å²) in [5.74, 6) is 0. The quantitative estimate of drug-likeness (QED) is 0.314. The summed E-state index contributed by atoms with van der Waals surface area (Å²) in [7, 11) is 4.95. The van der Waals surface area contributed by atoms with Crippen LogP contribution in [0.1, 0.15) is 27.8 Å². The number of halogens is 12. The van der Waals surface area contributed by atoms with Crippen LogP contribution in [0.25, 0.3) is 0 Å². The Morgan fingerprint density at radius 1 is 0.467 bits per heavy atom. The Labute approximate surface area is 162 Å². The smallest absolute Gasteiger partial charge is 0.166 e. The third-order valence-electron chi connectivity index (χ3n) is 3.34. The zero-order valence-corrected chi connectivity index (χ0v) is 14.6. The highest BCUT2D eigenvalue weighted by atomic mass is 19.4. The highest BCUT2D eigenvalue weighted by Gasteiger charge is 2.37. The molecule has 0 fully saturated rings. The van der Waals surface area contributed by atoms with Crippen molar-refractivity contribution in [3.8, 4) is 0 Å². The molecular weight excluding hydrogens is 443 g/mol. The summed E-state index contributed by atoms with van der Waals surface area (Å²) in [4.78, 5) is 0. The van der Waals surface area contributed by atoms with Crippen LogP contribution in [-0.4, -0.2) is 7.85 Å². The maximum atomic E-state index is 12.2. The van der Waals surface area contributed by atoms with Crippen LogP contribution in [0.2, 0.25) is 0 Å². The molecule has 0 aliphatic carbocycles. The van der Waals surface area contributed by atoms with Gasteiger partial charge in [0.1, 0.15) is 7.85 Å². The Bertz CT molecular complexity index is 734. The minimum absolute atomic E-state index is 0.0242. The molecule has 0 heterocycles. The fourth-order valence-electron chi connectivity index (χ4n) is 2.09. The summed E-state index contributed by atoms with van der Waals surface area (Å²) < 4.78 is 146. The van der Waals surface area contributed by atoms with Gasteiger partial charge in [0.25, 0.3) is 0 Å². The summed E-state index contributed by atoms with van der Waals surface area (Å²) in [5.41, 5.74) is -6.02. The van der Waals surface area contributed by atoms with E-state index in [1.54, 1.807) is 0 Å². The zero-order chi connectivity index (χ0) is 23.7. The van der Waals surface area contributed by atoms with Gasteiger partial charge in [-0.15, -0.1) is 0 Å². The van der Waals surface area contributed by atoms with Crippen molar-refractivity contribution in [2.75, 3.05) is 0 Å². The van der Waals surface area contributed by atoms with E-state index in [-0.39, 0.29) is 17.7 Å². The first-order valence-electron chi connectivity index (χ1n) is 7.52. The highest BCUT2D eigenvalue weighted by molar-refractivity contribution is 6.32. The maximum absolute atomic E-state index is 12.2. The fourth-order valence-corrected chi connectivity index (χ4v) is 2.09. The predicted molar refractivity (Wildman–Crippen MR) is 83.0 cm³/mol. The molecule has 2 aromatic rings. The van der Waals surface area contributed by atoms with E-state index >= 15 is 0 Å². The van der Waals surface area contributed by atoms with E-state index in [2.05, 4.69) is 0 Å². The maximum Gasteiger partial charge on any atom is 0.416 e. The average Bonchev–Trinajstić information content (AvgIpc) is 2.51. The van der Waals surface area contributed by atoms with Crippen molar-refractivity contribution in [2.45, 2.75) is 31.6 Å². The van der Waals surface area contributed by atoms with E-state index in [4.69, 9.17) is 7.85 Å². The average molecular weight is 452 g/mol. The van der Waals surface area contributed by atoms with Gasteiger partial charge in [0, 0.05) is 0 Å². The molecular formula is C17H9BF12. The third kappa shape index (κ3) is 7.49. The minimum atomic E-state index is -4.84. The molecule has 30 heavy (non-hydrogen) atoms. The number of hydrogen-bond acceptors (Lipinski definition) is 0. The van der Waals surface area contributed by atoms with Gasteiger partial charge in [0.2, 0.25) is 0 Å². The molecule has 0 unspecified atom stereocenters. The van der Waals surface area contributed by atoms with Crippen molar-refractivity contribution in [3.05, 3.63) is 64.2 Å². The van der Waals surface area contributed by atoms with Gasteiger partial charge in [-0.2, -0.15) is 52.7 Å². The number of hydrogen-bond donors (Lipinski definition) is 0. The van der Waals surface area contributed by atoms with Crippen LogP contribution in [0, 0.1) is 6.92 Å². The van der Waals surface area contributed by atoms with Crippen LogP contribution in [0.3, 0.4) is 0 Å². The Balaban J connectivity index is 0.000000300. The molecule has 0 saturated heterocycles. The summed E-state index contributed by atoms with van der Waals surface area (Å²) in [5, 5.41) is 0. The van der Waals surface area contributed by atoms with E-state index in [0.717, 1.165) is 0 Å². The second kappa shape index (κ2) is 8.42. The molecule has 0 aromatic heterocycles. The molecule has 2 aromatic carbocycles. The molecule has 164 valence electrons. The zero-order valence-electron chi connectivity index (χ0n) is 14.6. The first kappa shape index (κ1) is 25.7. The predicted octanol–water partition coefficient (Wildman–Crippen LogP) is 6.55. The van der Waals surface area contributed by atoms with Gasteiger partial charge >= 0.3 is 24.7 Å². The number of alkyl halides is 12. The first-order valence-corrected chi connectivity index (χ1v) is 7.52. The van der Waals surface area contributed by atoms with Crippen molar-refractivity contribution < 1.29 is 52.7 Å². The number of aryl methyl sites for hydroxylation is 1. The van der Waals surface area contributed by atoms with Crippen LogP contribution in [-0.2, 0) is 24.7 Å². The second-order valence-corrected chi connectivity index (χ2v) is 5.92. The third-order valence-corrected chi connectivity index (χ3v) is 3.34. The van der Waals surface area contributed by atoms with Gasteiger partial charge in [0.15, 0.2) is 0 Å². The van der Waals surface area contributed by atoms with Gasteiger partial charge in [-0.1, -0.05) is 17.6 Å². The summed E-state index contributed by atoms with van der Waals surface area (Å²) in [6, 6.07) is 2.39. The lowest BCUT2D eigenvalue weighted by Gasteiger charge is -2.12. The highest BCUT2D eigenvalue weighted by Crippen LogP contribution is 2.36. The standard InChI is InChI=1S/C9H6F6.C8H3BF6/c1-5-2-6(8(10,11)12)4-7(3-5)9(13,14)15;9-6-2-4(7(10,11)12)1-5(3-6)8(13,14)15/h2-4H,1H3;1-3H. The van der Waals surface area contributed by atoms with Gasteiger partial charge in [-0.3, -0.25) is 0 Å². The van der Waals surface area contributed by atoms with Crippen molar-refractivity contribution in [2.24, 2.45) is 0 Å². The van der Waals surface area contributed by atoms with Crippen molar-refractivity contribution in [1.29, 1.82) is 0 Å². The molecule has 0 spiro atoms. The van der Waals surface area contributed by atoms with Crippen molar-refractivity contribution in [3.63, 3.8) is 0 Å². The van der Waals surface area contributed by atoms with E-state index < -0.39 is 52.4 Å². The normalized spacial score (nSPS) is 13.0. The van der Waals surface area contributed by atoms with E-state index in [9.17, 15) is 52.7 Å². The summed E-state index contributed by atoms with van der Waals surface area (Å²) >= 11 is 0. The molecule has 0 nitrogen and oxygen atoms in total. The second-order valence-electron chi connectivity index (χ2n) is 5.92. The van der Waals surface area contributed by atoms with E-state index in [1.165, 1.54) is 6.92 Å². The molecule has 0 aliphatic rings. The van der Waals surface area contributed by atoms with E-state index in [1.807, 2.05) is 0 Å². The van der Waals surface area contributed by atoms with Gasteiger partial charge in [-0.05, 0) is 36.8 Å². The monoisotopic (exact) mass is 452 g/mol. The Hall–Kier alpha value is -2.34. The largest absolute Gasteiger partial charge is 0.416 e. The lowest BCUT2D eigenvalue weighted by Crippen LogP contribution is -2.16. The number of rotatable bonds is 0. The molecule has 2 radical (unpaired) electrons. The summed E-state index contributed by atoms with van der Waals surface area (Å²) in [6.07, 6.45) is -19.2. The summed E-state index contributed by atoms with van der Waals surface area (Å²) in [6.45, 7) is 1.18. The van der Waals surface area contributed by atoms with E-state index in [0.29, 0.717) is 24.3 Å². The van der Waals surface area contributed by atoms with Gasteiger partial charge in [-0.25, -0.2) is 0 Å². The lowest BCUT2D eigenvalue weighted by molar-refractivity contribution is -0.144. The molecule has 13 heteroatoms. The molecule has 0 amide bonds. The van der Waals surface area contributed by atoms with Gasteiger partial charge in [0.05, 0.1) is 22.3 Å². The molecule has 0 bridgehead atoms. The van der Waals surface area contributed by atoms with Crippen molar-refractivity contribution in [1.82, 2.24) is 0 Å². The molecule has 0 aliphatic heterocycles. The minimum Gasteiger partial charge on any atom is -0.166 e. The van der Waals surface area contributed by atoms with Crippen molar-refractivity contribution >= 4 is 13.3 Å².